The summed E-state index contributed by atoms with van der Waals surface area (Å²) in [6.07, 6.45) is 0. The van der Waals surface area contributed by atoms with E-state index in [-0.39, 0.29) is 17.9 Å². The molecule has 0 spiro atoms. The van der Waals surface area contributed by atoms with Crippen LogP contribution in [0.1, 0.15) is 16.1 Å². The summed E-state index contributed by atoms with van der Waals surface area (Å²) in [5.41, 5.74) is 0.926. The molecule has 3 aromatic rings. The standard InChI is InChI=1S/C17H11ClN2O5/c18-12-7-5-11(6-8-12)15-9-13(25-19-15)10-24-17(21)14-3-1-2-4-16(14)20(22)23/h1-9H,10H2. The highest BCUT2D eigenvalue weighted by Crippen LogP contribution is 2.23. The van der Waals surface area contributed by atoms with Crippen molar-refractivity contribution in [1.29, 1.82) is 0 Å². The van der Waals surface area contributed by atoms with Crippen molar-refractivity contribution in [2.45, 2.75) is 6.61 Å². The highest BCUT2D eigenvalue weighted by molar-refractivity contribution is 6.30. The molecule has 0 fully saturated rings. The van der Waals surface area contributed by atoms with Gasteiger partial charge in [-0.25, -0.2) is 4.79 Å². The number of esters is 1. The summed E-state index contributed by atoms with van der Waals surface area (Å²) in [4.78, 5) is 22.4. The molecular formula is C17H11ClN2O5. The highest BCUT2D eigenvalue weighted by atomic mass is 35.5. The first-order chi connectivity index (χ1) is 12.0. The Bertz CT molecular complexity index is 921. The number of carbonyl (C=O) groups excluding carboxylic acids is 1. The molecule has 0 unspecified atom stereocenters. The molecular weight excluding hydrogens is 348 g/mol. The van der Waals surface area contributed by atoms with Gasteiger partial charge < -0.3 is 9.26 Å². The minimum absolute atomic E-state index is 0.120. The molecule has 0 amide bonds. The van der Waals surface area contributed by atoms with Gasteiger partial charge in [-0.05, 0) is 18.2 Å². The molecule has 3 rings (SSSR count). The quantitative estimate of drug-likeness (QED) is 0.384. The maximum atomic E-state index is 12.1. The second-order valence-corrected chi connectivity index (χ2v) is 5.47. The molecule has 2 aromatic carbocycles. The van der Waals surface area contributed by atoms with Crippen LogP contribution in [0.4, 0.5) is 5.69 Å². The topological polar surface area (TPSA) is 95.5 Å². The third kappa shape index (κ3) is 3.84. The Kier molecular flexibility index (Phi) is 4.76. The van der Waals surface area contributed by atoms with Crippen molar-refractivity contribution < 1.29 is 19.0 Å². The van der Waals surface area contributed by atoms with Gasteiger partial charge >= 0.3 is 5.97 Å². The Labute approximate surface area is 146 Å². The number of hydrogen-bond acceptors (Lipinski definition) is 6. The fraction of sp³-hybridized carbons (Fsp3) is 0.0588. The monoisotopic (exact) mass is 358 g/mol. The molecule has 0 aliphatic carbocycles. The van der Waals surface area contributed by atoms with Crippen LogP contribution in [0.25, 0.3) is 11.3 Å². The molecule has 0 aliphatic heterocycles. The molecule has 0 aliphatic rings. The molecule has 7 nitrogen and oxygen atoms in total. The zero-order chi connectivity index (χ0) is 17.8. The molecule has 0 saturated heterocycles. The lowest BCUT2D eigenvalue weighted by Gasteiger charge is -2.02. The number of halogens is 1. The number of benzene rings is 2. The van der Waals surface area contributed by atoms with E-state index >= 15 is 0 Å². The summed E-state index contributed by atoms with van der Waals surface area (Å²) in [6.45, 7) is -0.189. The number of aromatic nitrogens is 1. The van der Waals surface area contributed by atoms with Gasteiger partial charge in [0.2, 0.25) is 0 Å². The third-order valence-electron chi connectivity index (χ3n) is 3.37. The zero-order valence-electron chi connectivity index (χ0n) is 12.7. The van der Waals surface area contributed by atoms with Crippen LogP contribution in [-0.2, 0) is 11.3 Å². The van der Waals surface area contributed by atoms with Crippen LogP contribution < -0.4 is 0 Å². The van der Waals surface area contributed by atoms with Gasteiger partial charge in [0.25, 0.3) is 5.69 Å². The van der Waals surface area contributed by atoms with Crippen LogP contribution in [0.15, 0.2) is 59.1 Å². The van der Waals surface area contributed by atoms with E-state index in [4.69, 9.17) is 20.9 Å². The second-order valence-electron chi connectivity index (χ2n) is 5.04. The van der Waals surface area contributed by atoms with Gasteiger partial charge in [-0.3, -0.25) is 10.1 Å². The van der Waals surface area contributed by atoms with Gasteiger partial charge in [0.1, 0.15) is 11.3 Å². The summed E-state index contributed by atoms with van der Waals surface area (Å²) in [5.74, 6) is -0.492. The maximum absolute atomic E-state index is 12.1. The van der Waals surface area contributed by atoms with E-state index in [2.05, 4.69) is 5.16 Å². The Morgan fingerprint density at radius 1 is 1.20 bits per heavy atom. The lowest BCUT2D eigenvalue weighted by Crippen LogP contribution is -2.07. The predicted octanol–water partition coefficient (Wildman–Crippen LogP) is 4.26. The number of carbonyl (C=O) groups is 1. The second kappa shape index (κ2) is 7.14. The Morgan fingerprint density at radius 2 is 1.92 bits per heavy atom. The first kappa shape index (κ1) is 16.7. The number of para-hydroxylation sites is 1. The summed E-state index contributed by atoms with van der Waals surface area (Å²) in [6, 6.07) is 14.2. The van der Waals surface area contributed by atoms with Gasteiger partial charge in [-0.15, -0.1) is 0 Å². The van der Waals surface area contributed by atoms with Crippen molar-refractivity contribution in [2.24, 2.45) is 0 Å². The average molecular weight is 359 g/mol. The minimum atomic E-state index is -0.809. The van der Waals surface area contributed by atoms with Gasteiger partial charge in [0, 0.05) is 22.7 Å². The first-order valence-electron chi connectivity index (χ1n) is 7.16. The number of nitro groups is 1. The number of hydrogen-bond donors (Lipinski definition) is 0. The van der Waals surface area contributed by atoms with E-state index < -0.39 is 10.9 Å². The zero-order valence-corrected chi connectivity index (χ0v) is 13.5. The van der Waals surface area contributed by atoms with Gasteiger partial charge in [-0.1, -0.05) is 41.0 Å². The lowest BCUT2D eigenvalue weighted by molar-refractivity contribution is -0.385. The third-order valence-corrected chi connectivity index (χ3v) is 3.62. The van der Waals surface area contributed by atoms with Crippen LogP contribution in [0.5, 0.6) is 0 Å². The van der Waals surface area contributed by atoms with E-state index in [0.29, 0.717) is 16.5 Å². The van der Waals surface area contributed by atoms with E-state index in [0.717, 1.165) is 5.56 Å². The minimum Gasteiger partial charge on any atom is -0.454 e. The van der Waals surface area contributed by atoms with E-state index in [9.17, 15) is 14.9 Å². The largest absolute Gasteiger partial charge is 0.454 e. The molecule has 25 heavy (non-hydrogen) atoms. The Hall–Kier alpha value is -3.19. The maximum Gasteiger partial charge on any atom is 0.345 e. The van der Waals surface area contributed by atoms with E-state index in [1.54, 1.807) is 30.3 Å². The van der Waals surface area contributed by atoms with Crippen LogP contribution in [0.3, 0.4) is 0 Å². The summed E-state index contributed by atoms with van der Waals surface area (Å²) < 4.78 is 10.2. The molecule has 1 heterocycles. The molecule has 8 heteroatoms. The highest BCUT2D eigenvalue weighted by Gasteiger charge is 2.21. The van der Waals surface area contributed by atoms with Gasteiger partial charge in [0.05, 0.1) is 4.92 Å². The molecule has 0 saturated carbocycles. The SMILES string of the molecule is O=C(OCc1cc(-c2ccc(Cl)cc2)no1)c1ccccc1[N+](=O)[O-]. The molecule has 0 atom stereocenters. The molecule has 0 N–H and O–H groups in total. The van der Waals surface area contributed by atoms with Crippen molar-refractivity contribution in [1.82, 2.24) is 5.16 Å². The molecule has 0 radical (unpaired) electrons. The Balaban J connectivity index is 1.69. The number of nitro benzene ring substituents is 1. The van der Waals surface area contributed by atoms with E-state index in [1.807, 2.05) is 0 Å². The van der Waals surface area contributed by atoms with Crippen LogP contribution in [0, 0.1) is 10.1 Å². The predicted molar refractivity (Wildman–Crippen MR) is 89.2 cm³/mol. The van der Waals surface area contributed by atoms with Crippen molar-refractivity contribution in [2.75, 3.05) is 0 Å². The number of rotatable bonds is 5. The summed E-state index contributed by atoms with van der Waals surface area (Å²) in [7, 11) is 0. The lowest BCUT2D eigenvalue weighted by atomic mass is 10.1. The van der Waals surface area contributed by atoms with Crippen molar-refractivity contribution >= 4 is 23.3 Å². The van der Waals surface area contributed by atoms with Crippen LogP contribution in [-0.4, -0.2) is 16.0 Å². The van der Waals surface area contributed by atoms with Crippen LogP contribution in [0.2, 0.25) is 5.02 Å². The normalized spacial score (nSPS) is 10.4. The molecule has 126 valence electrons. The van der Waals surface area contributed by atoms with Crippen molar-refractivity contribution in [3.8, 4) is 11.3 Å². The smallest absolute Gasteiger partial charge is 0.345 e. The van der Waals surface area contributed by atoms with Gasteiger partial charge in [-0.2, -0.15) is 0 Å². The van der Waals surface area contributed by atoms with Gasteiger partial charge in [0.15, 0.2) is 12.4 Å². The molecule has 0 bridgehead atoms. The number of ether oxygens (including phenoxy) is 1. The fourth-order valence-electron chi connectivity index (χ4n) is 2.16. The molecule has 1 aromatic heterocycles. The summed E-state index contributed by atoms with van der Waals surface area (Å²) in [5, 5.41) is 15.4. The summed E-state index contributed by atoms with van der Waals surface area (Å²) >= 11 is 5.83. The van der Waals surface area contributed by atoms with Crippen molar-refractivity contribution in [3.05, 3.63) is 81.1 Å². The van der Waals surface area contributed by atoms with Crippen LogP contribution >= 0.6 is 11.6 Å². The Morgan fingerprint density at radius 3 is 2.64 bits per heavy atom. The van der Waals surface area contributed by atoms with Crippen molar-refractivity contribution in [3.63, 3.8) is 0 Å². The number of nitrogens with zero attached hydrogens (tertiary/aromatic N) is 2. The van der Waals surface area contributed by atoms with E-state index in [1.165, 1.54) is 24.3 Å². The fourth-order valence-corrected chi connectivity index (χ4v) is 2.28. The average Bonchev–Trinajstić information content (AvgIpc) is 3.09. The first-order valence-corrected chi connectivity index (χ1v) is 7.54.